The van der Waals surface area contributed by atoms with Gasteiger partial charge in [-0.3, -0.25) is 14.4 Å². The van der Waals surface area contributed by atoms with Gasteiger partial charge < -0.3 is 5.32 Å². The van der Waals surface area contributed by atoms with E-state index in [4.69, 9.17) is 4.84 Å². The van der Waals surface area contributed by atoms with Crippen LogP contribution >= 0.6 is 0 Å². The van der Waals surface area contributed by atoms with Crippen molar-refractivity contribution in [2.75, 3.05) is 14.2 Å². The molecule has 0 rings (SSSR count). The Labute approximate surface area is 90.7 Å². The van der Waals surface area contributed by atoms with Crippen LogP contribution in [0, 0.1) is 5.41 Å². The lowest BCUT2D eigenvalue weighted by Gasteiger charge is -2.23. The van der Waals surface area contributed by atoms with Crippen molar-refractivity contribution < 1.29 is 14.4 Å². The van der Waals surface area contributed by atoms with E-state index in [1.54, 1.807) is 27.7 Å². The second-order valence-electron chi connectivity index (χ2n) is 4.46. The normalized spacial score (nSPS) is 13.2. The molecule has 0 bridgehead atoms. The Bertz CT molecular complexity index is 246. The van der Waals surface area contributed by atoms with Gasteiger partial charge in [-0.15, -0.1) is 0 Å². The van der Waals surface area contributed by atoms with E-state index >= 15 is 0 Å². The summed E-state index contributed by atoms with van der Waals surface area (Å²) in [6.07, 6.45) is 0. The van der Waals surface area contributed by atoms with E-state index in [2.05, 4.69) is 5.32 Å². The molecule has 0 saturated heterocycles. The zero-order valence-electron chi connectivity index (χ0n) is 10.2. The molecule has 0 aliphatic carbocycles. The Morgan fingerprint density at radius 2 is 1.80 bits per heavy atom. The summed E-state index contributed by atoms with van der Waals surface area (Å²) in [5.41, 5.74) is -0.500. The molecule has 1 unspecified atom stereocenters. The zero-order valence-corrected chi connectivity index (χ0v) is 10.2. The van der Waals surface area contributed by atoms with Gasteiger partial charge in [-0.1, -0.05) is 20.8 Å². The Hall–Kier alpha value is -1.10. The fraction of sp³-hybridized carbons (Fsp3) is 0.800. The molecule has 5 nitrogen and oxygen atoms in total. The van der Waals surface area contributed by atoms with Gasteiger partial charge >= 0.3 is 0 Å². The SMILES string of the molecule is CON(C)C(=O)C(C)NC(=O)C(C)(C)C. The van der Waals surface area contributed by atoms with E-state index in [9.17, 15) is 9.59 Å². The molecule has 0 aromatic rings. The lowest BCUT2D eigenvalue weighted by molar-refractivity contribution is -0.171. The summed E-state index contributed by atoms with van der Waals surface area (Å²) in [5.74, 6) is -0.442. The van der Waals surface area contributed by atoms with Gasteiger partial charge in [-0.2, -0.15) is 0 Å². The third kappa shape index (κ3) is 4.29. The van der Waals surface area contributed by atoms with Crippen molar-refractivity contribution in [3.05, 3.63) is 0 Å². The number of hydrogen-bond donors (Lipinski definition) is 1. The summed E-state index contributed by atoms with van der Waals surface area (Å²) < 4.78 is 0. The van der Waals surface area contributed by atoms with Crippen molar-refractivity contribution >= 4 is 11.8 Å². The lowest BCUT2D eigenvalue weighted by Crippen LogP contribution is -2.48. The first kappa shape index (κ1) is 13.9. The molecule has 0 aliphatic heterocycles. The van der Waals surface area contributed by atoms with Gasteiger partial charge in [0.25, 0.3) is 5.91 Å². The molecule has 0 spiro atoms. The van der Waals surface area contributed by atoms with Crippen LogP contribution < -0.4 is 5.32 Å². The standard InChI is InChI=1S/C10H20N2O3/c1-7(8(13)12(5)15-6)11-9(14)10(2,3)4/h7H,1-6H3,(H,11,14). The molecular formula is C10H20N2O3. The third-order valence-corrected chi connectivity index (χ3v) is 1.98. The van der Waals surface area contributed by atoms with Crippen LogP contribution in [0.4, 0.5) is 0 Å². The van der Waals surface area contributed by atoms with Gasteiger partial charge in [0.1, 0.15) is 6.04 Å². The quantitative estimate of drug-likeness (QED) is 0.701. The first-order valence-electron chi connectivity index (χ1n) is 4.82. The van der Waals surface area contributed by atoms with E-state index < -0.39 is 11.5 Å². The summed E-state index contributed by atoms with van der Waals surface area (Å²) in [5, 5.41) is 3.72. The van der Waals surface area contributed by atoms with E-state index in [1.165, 1.54) is 14.2 Å². The van der Waals surface area contributed by atoms with E-state index in [-0.39, 0.29) is 11.8 Å². The van der Waals surface area contributed by atoms with Crippen LogP contribution in [0.25, 0.3) is 0 Å². The second-order valence-corrected chi connectivity index (χ2v) is 4.46. The molecule has 5 heteroatoms. The van der Waals surface area contributed by atoms with Crippen molar-refractivity contribution in [2.24, 2.45) is 5.41 Å². The molecule has 1 N–H and O–H groups in total. The number of carbonyl (C=O) groups is 2. The number of nitrogens with zero attached hydrogens (tertiary/aromatic N) is 1. The summed E-state index contributed by atoms with van der Waals surface area (Å²) in [7, 11) is 2.90. The first-order chi connectivity index (χ1) is 6.70. The smallest absolute Gasteiger partial charge is 0.268 e. The van der Waals surface area contributed by atoms with E-state index in [0.717, 1.165) is 5.06 Å². The molecule has 2 amide bonds. The number of amides is 2. The highest BCUT2D eigenvalue weighted by molar-refractivity contribution is 5.88. The van der Waals surface area contributed by atoms with E-state index in [0.29, 0.717) is 0 Å². The van der Waals surface area contributed by atoms with Crippen LogP contribution in [0.1, 0.15) is 27.7 Å². The highest BCUT2D eigenvalue weighted by atomic mass is 16.7. The largest absolute Gasteiger partial charge is 0.344 e. The molecule has 0 fully saturated rings. The van der Waals surface area contributed by atoms with Gasteiger partial charge in [0.2, 0.25) is 5.91 Å². The fourth-order valence-corrected chi connectivity index (χ4v) is 0.838. The summed E-state index contributed by atoms with van der Waals surface area (Å²) >= 11 is 0. The Morgan fingerprint density at radius 3 is 2.13 bits per heavy atom. The topological polar surface area (TPSA) is 58.6 Å². The molecule has 0 saturated carbocycles. The number of hydrogen-bond acceptors (Lipinski definition) is 3. The van der Waals surface area contributed by atoms with Gasteiger partial charge in [-0.05, 0) is 6.92 Å². The molecular weight excluding hydrogens is 196 g/mol. The minimum absolute atomic E-state index is 0.159. The van der Waals surface area contributed by atoms with Gasteiger partial charge in [-0.25, -0.2) is 5.06 Å². The molecule has 0 aliphatic rings. The Balaban J connectivity index is 4.32. The van der Waals surface area contributed by atoms with E-state index in [1.807, 2.05) is 0 Å². The molecule has 0 aromatic carbocycles. The number of likely N-dealkylation sites (N-methyl/N-ethyl adjacent to an activating group) is 1. The second kappa shape index (κ2) is 5.11. The predicted octanol–water partition coefficient (Wildman–Crippen LogP) is 0.557. The van der Waals surface area contributed by atoms with Crippen LogP contribution in [0.2, 0.25) is 0 Å². The minimum Gasteiger partial charge on any atom is -0.344 e. The number of rotatable bonds is 3. The predicted molar refractivity (Wildman–Crippen MR) is 56.8 cm³/mol. The molecule has 0 heterocycles. The number of hydroxylamine groups is 2. The highest BCUT2D eigenvalue weighted by Crippen LogP contribution is 2.12. The summed E-state index contributed by atoms with van der Waals surface area (Å²) in [6, 6.07) is -0.582. The van der Waals surface area contributed by atoms with Crippen LogP contribution in [-0.4, -0.2) is 37.1 Å². The Morgan fingerprint density at radius 1 is 1.33 bits per heavy atom. The van der Waals surface area contributed by atoms with Crippen molar-refractivity contribution in [2.45, 2.75) is 33.7 Å². The lowest BCUT2D eigenvalue weighted by atomic mass is 9.95. The van der Waals surface area contributed by atoms with Gasteiger partial charge in [0, 0.05) is 12.5 Å². The average Bonchev–Trinajstić information content (AvgIpc) is 2.13. The van der Waals surface area contributed by atoms with Crippen LogP contribution in [0.15, 0.2) is 0 Å². The number of nitrogens with one attached hydrogen (secondary N) is 1. The maximum Gasteiger partial charge on any atom is 0.268 e. The fourth-order valence-electron chi connectivity index (χ4n) is 0.838. The maximum atomic E-state index is 11.6. The third-order valence-electron chi connectivity index (χ3n) is 1.98. The van der Waals surface area contributed by atoms with Crippen molar-refractivity contribution in [3.8, 4) is 0 Å². The van der Waals surface area contributed by atoms with Crippen molar-refractivity contribution in [3.63, 3.8) is 0 Å². The van der Waals surface area contributed by atoms with Gasteiger partial charge in [0.05, 0.1) is 7.11 Å². The van der Waals surface area contributed by atoms with Crippen LogP contribution in [-0.2, 0) is 14.4 Å². The van der Waals surface area contributed by atoms with Crippen LogP contribution in [0.3, 0.4) is 0 Å². The molecule has 1 atom stereocenters. The number of carbonyl (C=O) groups excluding carboxylic acids is 2. The van der Waals surface area contributed by atoms with Crippen LogP contribution in [0.5, 0.6) is 0 Å². The molecule has 88 valence electrons. The van der Waals surface area contributed by atoms with Gasteiger partial charge in [0.15, 0.2) is 0 Å². The van der Waals surface area contributed by atoms with Crippen molar-refractivity contribution in [1.29, 1.82) is 0 Å². The molecule has 15 heavy (non-hydrogen) atoms. The summed E-state index contributed by atoms with van der Waals surface area (Å²) in [4.78, 5) is 27.8. The highest BCUT2D eigenvalue weighted by Gasteiger charge is 2.26. The van der Waals surface area contributed by atoms with Crippen molar-refractivity contribution in [1.82, 2.24) is 10.4 Å². The Kier molecular flexibility index (Phi) is 4.74. The summed E-state index contributed by atoms with van der Waals surface area (Å²) in [6.45, 7) is 7.00. The minimum atomic E-state index is -0.582. The zero-order chi connectivity index (χ0) is 12.2. The molecule has 0 aromatic heterocycles. The monoisotopic (exact) mass is 216 g/mol. The maximum absolute atomic E-state index is 11.6. The average molecular weight is 216 g/mol. The molecule has 0 radical (unpaired) electrons. The first-order valence-corrected chi connectivity index (χ1v) is 4.82.